The molecule has 3 rings (SSSR count). The SMILES string of the molecule is CCCCc1ccc2c(N)c(C(=O)Nc3cc(OC)cc(OC)c3)sc2n1. The van der Waals surface area contributed by atoms with Crippen LogP contribution in [0.5, 0.6) is 11.5 Å². The third kappa shape index (κ3) is 4.14. The molecule has 6 nitrogen and oxygen atoms in total. The fourth-order valence-electron chi connectivity index (χ4n) is 2.77. The van der Waals surface area contributed by atoms with Gasteiger partial charge in [0, 0.05) is 35.0 Å². The smallest absolute Gasteiger partial charge is 0.267 e. The molecule has 0 bridgehead atoms. The summed E-state index contributed by atoms with van der Waals surface area (Å²) >= 11 is 1.31. The molecular formula is C20H23N3O3S. The molecule has 0 unspecified atom stereocenters. The van der Waals surface area contributed by atoms with Crippen LogP contribution in [0.2, 0.25) is 0 Å². The quantitative estimate of drug-likeness (QED) is 0.626. The Bertz CT molecular complexity index is 946. The average molecular weight is 385 g/mol. The van der Waals surface area contributed by atoms with Crippen LogP contribution < -0.4 is 20.5 Å². The van der Waals surface area contributed by atoms with Crippen LogP contribution in [0, 0.1) is 0 Å². The van der Waals surface area contributed by atoms with Crippen LogP contribution in [0.15, 0.2) is 30.3 Å². The number of thiophene rings is 1. The zero-order valence-electron chi connectivity index (χ0n) is 15.7. The van der Waals surface area contributed by atoms with E-state index in [0.717, 1.165) is 35.2 Å². The molecule has 2 heterocycles. The number of methoxy groups -OCH3 is 2. The number of pyridine rings is 1. The standard InChI is InChI=1S/C20H23N3O3S/c1-4-5-6-12-7-8-16-17(21)18(27-20(16)23-12)19(24)22-13-9-14(25-2)11-15(10-13)26-3/h7-11H,4-6,21H2,1-3H3,(H,22,24). The van der Waals surface area contributed by atoms with Gasteiger partial charge in [-0.3, -0.25) is 4.79 Å². The van der Waals surface area contributed by atoms with Gasteiger partial charge in [-0.05, 0) is 25.0 Å². The summed E-state index contributed by atoms with van der Waals surface area (Å²) in [6.45, 7) is 2.15. The molecule has 142 valence electrons. The number of nitrogens with zero attached hydrogens (tertiary/aromatic N) is 1. The molecule has 0 radical (unpaired) electrons. The second-order valence-electron chi connectivity index (χ2n) is 6.16. The third-order valence-electron chi connectivity index (χ3n) is 4.25. The summed E-state index contributed by atoms with van der Waals surface area (Å²) in [6.07, 6.45) is 3.13. The lowest BCUT2D eigenvalue weighted by atomic mass is 10.1. The van der Waals surface area contributed by atoms with E-state index in [4.69, 9.17) is 15.2 Å². The number of nitrogen functional groups attached to an aromatic ring is 1. The number of carbonyl (C=O) groups is 1. The van der Waals surface area contributed by atoms with Gasteiger partial charge >= 0.3 is 0 Å². The van der Waals surface area contributed by atoms with E-state index in [1.165, 1.54) is 11.3 Å². The number of hydrogen-bond acceptors (Lipinski definition) is 6. The van der Waals surface area contributed by atoms with E-state index in [9.17, 15) is 4.79 Å². The molecule has 0 aliphatic carbocycles. The molecule has 1 aromatic carbocycles. The predicted molar refractivity (Wildman–Crippen MR) is 110 cm³/mol. The number of aryl methyl sites for hydroxylation is 1. The number of fused-ring (bicyclic) bond motifs is 1. The molecule has 0 spiro atoms. The normalized spacial score (nSPS) is 10.8. The lowest BCUT2D eigenvalue weighted by Crippen LogP contribution is -2.12. The summed E-state index contributed by atoms with van der Waals surface area (Å²) in [5.74, 6) is 0.910. The van der Waals surface area contributed by atoms with Crippen molar-refractivity contribution in [1.29, 1.82) is 0 Å². The van der Waals surface area contributed by atoms with Crippen LogP contribution in [0.25, 0.3) is 10.2 Å². The molecule has 0 aliphatic rings. The molecule has 0 saturated carbocycles. The Morgan fingerprint density at radius 1 is 1.19 bits per heavy atom. The van der Waals surface area contributed by atoms with Crippen molar-refractivity contribution in [2.75, 3.05) is 25.3 Å². The first kappa shape index (κ1) is 19.0. The lowest BCUT2D eigenvalue weighted by Gasteiger charge is -2.09. The highest BCUT2D eigenvalue weighted by Gasteiger charge is 2.18. The Morgan fingerprint density at radius 3 is 2.52 bits per heavy atom. The van der Waals surface area contributed by atoms with Gasteiger partial charge in [0.25, 0.3) is 5.91 Å². The first-order valence-corrected chi connectivity index (χ1v) is 9.59. The highest BCUT2D eigenvalue weighted by Crippen LogP contribution is 2.34. The van der Waals surface area contributed by atoms with Crippen molar-refractivity contribution in [2.24, 2.45) is 0 Å². The van der Waals surface area contributed by atoms with E-state index in [0.29, 0.717) is 27.8 Å². The maximum atomic E-state index is 12.8. The summed E-state index contributed by atoms with van der Waals surface area (Å²) < 4.78 is 10.5. The van der Waals surface area contributed by atoms with E-state index in [1.54, 1.807) is 32.4 Å². The lowest BCUT2D eigenvalue weighted by molar-refractivity contribution is 0.103. The Balaban J connectivity index is 1.88. The van der Waals surface area contributed by atoms with Crippen LogP contribution in [0.3, 0.4) is 0 Å². The Morgan fingerprint density at radius 2 is 1.89 bits per heavy atom. The van der Waals surface area contributed by atoms with Crippen molar-refractivity contribution in [1.82, 2.24) is 4.98 Å². The molecule has 0 aliphatic heterocycles. The summed E-state index contributed by atoms with van der Waals surface area (Å²) in [4.78, 5) is 18.7. The van der Waals surface area contributed by atoms with Crippen LogP contribution in [-0.4, -0.2) is 25.1 Å². The van der Waals surface area contributed by atoms with Gasteiger partial charge in [0.1, 0.15) is 21.2 Å². The number of carbonyl (C=O) groups excluding carboxylic acids is 1. The fourth-order valence-corrected chi connectivity index (χ4v) is 3.78. The summed E-state index contributed by atoms with van der Waals surface area (Å²) in [7, 11) is 3.12. The number of benzene rings is 1. The molecule has 0 fully saturated rings. The van der Waals surface area contributed by atoms with Crippen molar-refractivity contribution in [2.45, 2.75) is 26.2 Å². The zero-order valence-corrected chi connectivity index (χ0v) is 16.5. The highest BCUT2D eigenvalue weighted by atomic mass is 32.1. The van der Waals surface area contributed by atoms with Gasteiger partial charge in [-0.15, -0.1) is 11.3 Å². The van der Waals surface area contributed by atoms with E-state index in [-0.39, 0.29) is 5.91 Å². The number of anilines is 2. The molecule has 27 heavy (non-hydrogen) atoms. The molecule has 0 atom stereocenters. The number of amides is 1. The Labute approximate surface area is 162 Å². The van der Waals surface area contributed by atoms with E-state index in [1.807, 2.05) is 12.1 Å². The number of unbranched alkanes of at least 4 members (excludes halogenated alkanes) is 1. The number of nitrogens with two attached hydrogens (primary N) is 1. The highest BCUT2D eigenvalue weighted by molar-refractivity contribution is 7.21. The van der Waals surface area contributed by atoms with E-state index < -0.39 is 0 Å². The average Bonchev–Trinajstić information content (AvgIpc) is 3.02. The fraction of sp³-hybridized carbons (Fsp3) is 0.300. The Kier molecular flexibility index (Phi) is 5.81. The van der Waals surface area contributed by atoms with Crippen LogP contribution in [0.4, 0.5) is 11.4 Å². The van der Waals surface area contributed by atoms with Gasteiger partial charge in [0.15, 0.2) is 0 Å². The van der Waals surface area contributed by atoms with Gasteiger partial charge in [0.2, 0.25) is 0 Å². The second kappa shape index (κ2) is 8.26. The number of ether oxygens (including phenoxy) is 2. The first-order valence-electron chi connectivity index (χ1n) is 8.78. The maximum Gasteiger partial charge on any atom is 0.267 e. The molecule has 3 aromatic rings. The third-order valence-corrected chi connectivity index (χ3v) is 5.37. The van der Waals surface area contributed by atoms with Gasteiger partial charge in [-0.2, -0.15) is 0 Å². The molecular weight excluding hydrogens is 362 g/mol. The summed E-state index contributed by atoms with van der Waals surface area (Å²) in [6, 6.07) is 9.13. The van der Waals surface area contributed by atoms with Crippen molar-refractivity contribution < 1.29 is 14.3 Å². The number of aromatic nitrogens is 1. The number of hydrogen-bond donors (Lipinski definition) is 2. The zero-order chi connectivity index (χ0) is 19.4. The van der Waals surface area contributed by atoms with Crippen LogP contribution >= 0.6 is 11.3 Å². The van der Waals surface area contributed by atoms with E-state index >= 15 is 0 Å². The molecule has 0 saturated heterocycles. The van der Waals surface area contributed by atoms with E-state index in [2.05, 4.69) is 17.2 Å². The minimum atomic E-state index is -0.277. The van der Waals surface area contributed by atoms with Gasteiger partial charge in [0.05, 0.1) is 19.9 Å². The molecule has 3 N–H and O–H groups in total. The van der Waals surface area contributed by atoms with Gasteiger partial charge < -0.3 is 20.5 Å². The number of rotatable bonds is 7. The first-order chi connectivity index (χ1) is 13.0. The monoisotopic (exact) mass is 385 g/mol. The maximum absolute atomic E-state index is 12.8. The summed E-state index contributed by atoms with van der Waals surface area (Å²) in [5.41, 5.74) is 8.27. The molecule has 2 aromatic heterocycles. The van der Waals surface area contributed by atoms with Crippen molar-refractivity contribution in [3.63, 3.8) is 0 Å². The van der Waals surface area contributed by atoms with Gasteiger partial charge in [-0.25, -0.2) is 4.98 Å². The summed E-state index contributed by atoms with van der Waals surface area (Å²) in [5, 5.41) is 3.68. The van der Waals surface area contributed by atoms with Crippen LogP contribution in [0.1, 0.15) is 35.1 Å². The van der Waals surface area contributed by atoms with Crippen LogP contribution in [-0.2, 0) is 6.42 Å². The predicted octanol–water partition coefficient (Wildman–Crippen LogP) is 4.49. The topological polar surface area (TPSA) is 86.5 Å². The van der Waals surface area contributed by atoms with Crippen molar-refractivity contribution >= 4 is 38.8 Å². The molecule has 1 amide bonds. The minimum Gasteiger partial charge on any atom is -0.497 e. The molecule has 7 heteroatoms. The van der Waals surface area contributed by atoms with Crippen molar-refractivity contribution in [3.8, 4) is 11.5 Å². The van der Waals surface area contributed by atoms with Crippen molar-refractivity contribution in [3.05, 3.63) is 40.9 Å². The van der Waals surface area contributed by atoms with Gasteiger partial charge in [-0.1, -0.05) is 13.3 Å². The largest absolute Gasteiger partial charge is 0.497 e. The second-order valence-corrected chi connectivity index (χ2v) is 7.16. The minimum absolute atomic E-state index is 0.277. The number of nitrogens with one attached hydrogen (secondary N) is 1. The Hall–Kier alpha value is -2.80.